The number of carbonyl (C=O) groups is 2. The Morgan fingerprint density at radius 2 is 1.74 bits per heavy atom. The van der Waals surface area contributed by atoms with Gasteiger partial charge in [-0.3, -0.25) is 9.59 Å². The summed E-state index contributed by atoms with van der Waals surface area (Å²) in [6.45, 7) is 6.39. The Morgan fingerprint density at radius 1 is 1.04 bits per heavy atom. The van der Waals surface area contributed by atoms with Gasteiger partial charge in [0.05, 0.1) is 5.92 Å². The van der Waals surface area contributed by atoms with Crippen LogP contribution in [0.4, 0.5) is 0 Å². The fourth-order valence-corrected chi connectivity index (χ4v) is 5.00. The van der Waals surface area contributed by atoms with Crippen molar-refractivity contribution in [3.05, 3.63) is 48.0 Å². The molecule has 2 aliphatic carbocycles. The number of benzene rings is 2. The minimum Gasteiger partial charge on any atom is -0.298 e. The summed E-state index contributed by atoms with van der Waals surface area (Å²) < 4.78 is 0. The molecule has 2 nitrogen and oxygen atoms in total. The third-order valence-corrected chi connectivity index (χ3v) is 6.87. The zero-order chi connectivity index (χ0) is 16.4. The largest absolute Gasteiger partial charge is 0.298 e. The molecule has 0 spiro atoms. The third kappa shape index (κ3) is 1.69. The van der Waals surface area contributed by atoms with E-state index in [2.05, 4.69) is 20.8 Å². The molecule has 2 aromatic rings. The van der Waals surface area contributed by atoms with Gasteiger partial charge in [-0.25, -0.2) is 0 Å². The summed E-state index contributed by atoms with van der Waals surface area (Å²) in [5.74, 6) is -0.106. The lowest BCUT2D eigenvalue weighted by molar-refractivity contribution is -0.130. The molecule has 0 aromatic heterocycles. The zero-order valence-electron chi connectivity index (χ0n) is 13.9. The van der Waals surface area contributed by atoms with Crippen LogP contribution in [0.5, 0.6) is 0 Å². The molecule has 0 heterocycles. The molecule has 2 fully saturated rings. The highest BCUT2D eigenvalue weighted by Gasteiger charge is 2.67. The second-order valence-electron chi connectivity index (χ2n) is 7.93. The van der Waals surface area contributed by atoms with E-state index in [1.165, 1.54) is 0 Å². The molecule has 0 saturated heterocycles. The van der Waals surface area contributed by atoms with E-state index < -0.39 is 5.92 Å². The van der Waals surface area contributed by atoms with Crippen molar-refractivity contribution in [3.8, 4) is 0 Å². The first-order chi connectivity index (χ1) is 10.9. The molecule has 23 heavy (non-hydrogen) atoms. The van der Waals surface area contributed by atoms with Crippen LogP contribution in [0.3, 0.4) is 0 Å². The Balaban J connectivity index is 1.83. The molecule has 0 amide bonds. The number of Topliss-reactive ketones (excluding diaryl/α,β-unsaturated/α-hetero) is 2. The van der Waals surface area contributed by atoms with E-state index in [0.29, 0.717) is 5.56 Å². The molecule has 2 bridgehead atoms. The van der Waals surface area contributed by atoms with Gasteiger partial charge in [0.15, 0.2) is 5.78 Å². The first-order valence-electron chi connectivity index (χ1n) is 8.44. The number of rotatable bonds is 2. The summed E-state index contributed by atoms with van der Waals surface area (Å²) in [7, 11) is 0. The van der Waals surface area contributed by atoms with Crippen LogP contribution in [0.15, 0.2) is 42.5 Å². The van der Waals surface area contributed by atoms with Crippen molar-refractivity contribution in [2.75, 3.05) is 0 Å². The highest BCUT2D eigenvalue weighted by atomic mass is 16.2. The second kappa shape index (κ2) is 4.53. The van der Waals surface area contributed by atoms with E-state index in [1.807, 2.05) is 42.5 Å². The van der Waals surface area contributed by atoms with E-state index in [9.17, 15) is 9.59 Å². The monoisotopic (exact) mass is 306 g/mol. The standard InChI is InChI=1S/C21H22O2/c1-20(2)16-11-12-21(20,3)19(23)17(16)18(22)15-10-6-8-13-7-4-5-9-14(13)15/h4-10,16-17H,11-12H2,1-3H3/t16-,17+,21+/m0/s1. The Kier molecular flexibility index (Phi) is 2.88. The molecule has 4 rings (SSSR count). The molecule has 3 atom stereocenters. The van der Waals surface area contributed by atoms with Crippen LogP contribution in [0.2, 0.25) is 0 Å². The maximum absolute atomic E-state index is 13.3. The summed E-state index contributed by atoms with van der Waals surface area (Å²) in [6, 6.07) is 13.7. The molecular formula is C21H22O2. The Hall–Kier alpha value is -1.96. The van der Waals surface area contributed by atoms with Gasteiger partial charge in [0, 0.05) is 11.0 Å². The van der Waals surface area contributed by atoms with Gasteiger partial charge in [-0.1, -0.05) is 63.2 Å². The van der Waals surface area contributed by atoms with Crippen molar-refractivity contribution in [2.45, 2.75) is 33.6 Å². The molecule has 118 valence electrons. The summed E-state index contributed by atoms with van der Waals surface area (Å²) in [5.41, 5.74) is 0.269. The van der Waals surface area contributed by atoms with Crippen LogP contribution in [0, 0.1) is 22.7 Å². The maximum Gasteiger partial charge on any atom is 0.174 e. The molecule has 2 saturated carbocycles. The van der Waals surface area contributed by atoms with Gasteiger partial charge >= 0.3 is 0 Å². The third-order valence-electron chi connectivity index (χ3n) is 6.87. The Labute approximate surface area is 136 Å². The highest BCUT2D eigenvalue weighted by Crippen LogP contribution is 2.66. The molecule has 0 N–H and O–H groups in total. The average molecular weight is 306 g/mol. The summed E-state index contributed by atoms with van der Waals surface area (Å²) in [6.07, 6.45) is 1.90. The van der Waals surface area contributed by atoms with Crippen LogP contribution < -0.4 is 0 Å². The zero-order valence-corrected chi connectivity index (χ0v) is 13.9. The SMILES string of the molecule is CC1(C)[C@H]2CC[C@]1(C)C(=O)[C@H]2C(=O)c1cccc2ccccc12. The topological polar surface area (TPSA) is 34.1 Å². The van der Waals surface area contributed by atoms with Gasteiger partial charge < -0.3 is 0 Å². The lowest BCUT2D eigenvalue weighted by Gasteiger charge is -2.32. The van der Waals surface area contributed by atoms with Crippen molar-refractivity contribution in [1.82, 2.24) is 0 Å². The Bertz CT molecular complexity index is 827. The van der Waals surface area contributed by atoms with Crippen molar-refractivity contribution >= 4 is 22.3 Å². The lowest BCUT2D eigenvalue weighted by Crippen LogP contribution is -2.35. The quantitative estimate of drug-likeness (QED) is 0.597. The predicted octanol–water partition coefficient (Wildman–Crippen LogP) is 4.66. The maximum atomic E-state index is 13.3. The molecule has 0 unspecified atom stereocenters. The highest BCUT2D eigenvalue weighted by molar-refractivity contribution is 6.19. The second-order valence-corrected chi connectivity index (χ2v) is 7.93. The van der Waals surface area contributed by atoms with Crippen molar-refractivity contribution in [2.24, 2.45) is 22.7 Å². The van der Waals surface area contributed by atoms with E-state index in [4.69, 9.17) is 0 Å². The van der Waals surface area contributed by atoms with E-state index in [-0.39, 0.29) is 28.3 Å². The number of carbonyl (C=O) groups excluding carboxylic acids is 2. The molecule has 0 aliphatic heterocycles. The minimum absolute atomic E-state index is 0.0216. The van der Waals surface area contributed by atoms with Crippen LogP contribution in [0.1, 0.15) is 44.0 Å². The summed E-state index contributed by atoms with van der Waals surface area (Å²) >= 11 is 0. The molecule has 2 aliphatic rings. The fraction of sp³-hybridized carbons (Fsp3) is 0.429. The predicted molar refractivity (Wildman–Crippen MR) is 91.4 cm³/mol. The van der Waals surface area contributed by atoms with Crippen LogP contribution in [0.25, 0.3) is 10.8 Å². The average Bonchev–Trinajstić information content (AvgIpc) is 2.86. The van der Waals surface area contributed by atoms with E-state index >= 15 is 0 Å². The fourth-order valence-electron chi connectivity index (χ4n) is 5.00. The van der Waals surface area contributed by atoms with Gasteiger partial charge in [0.1, 0.15) is 5.78 Å². The van der Waals surface area contributed by atoms with Gasteiger partial charge in [0.25, 0.3) is 0 Å². The minimum atomic E-state index is -0.463. The van der Waals surface area contributed by atoms with Crippen LogP contribution in [-0.2, 0) is 4.79 Å². The van der Waals surface area contributed by atoms with Gasteiger partial charge in [-0.15, -0.1) is 0 Å². The van der Waals surface area contributed by atoms with Crippen LogP contribution in [-0.4, -0.2) is 11.6 Å². The number of hydrogen-bond donors (Lipinski definition) is 0. The number of hydrogen-bond acceptors (Lipinski definition) is 2. The van der Waals surface area contributed by atoms with Crippen molar-refractivity contribution < 1.29 is 9.59 Å². The normalized spacial score (nSPS) is 31.7. The molecule has 2 aromatic carbocycles. The smallest absolute Gasteiger partial charge is 0.174 e. The van der Waals surface area contributed by atoms with Gasteiger partial charge in [-0.2, -0.15) is 0 Å². The van der Waals surface area contributed by atoms with Gasteiger partial charge in [-0.05, 0) is 34.9 Å². The summed E-state index contributed by atoms with van der Waals surface area (Å²) in [5, 5.41) is 2.01. The van der Waals surface area contributed by atoms with Crippen molar-refractivity contribution in [1.29, 1.82) is 0 Å². The molecular weight excluding hydrogens is 284 g/mol. The lowest BCUT2D eigenvalue weighted by atomic mass is 9.70. The number of fused-ring (bicyclic) bond motifs is 3. The first kappa shape index (κ1) is 14.6. The van der Waals surface area contributed by atoms with Crippen LogP contribution >= 0.6 is 0 Å². The Morgan fingerprint density at radius 3 is 2.43 bits per heavy atom. The molecule has 2 heteroatoms. The van der Waals surface area contributed by atoms with Crippen molar-refractivity contribution in [3.63, 3.8) is 0 Å². The van der Waals surface area contributed by atoms with E-state index in [1.54, 1.807) is 0 Å². The number of ketones is 2. The molecule has 0 radical (unpaired) electrons. The first-order valence-corrected chi connectivity index (χ1v) is 8.44. The van der Waals surface area contributed by atoms with E-state index in [0.717, 1.165) is 23.6 Å². The van der Waals surface area contributed by atoms with Gasteiger partial charge in [0.2, 0.25) is 0 Å². The summed E-state index contributed by atoms with van der Waals surface area (Å²) in [4.78, 5) is 26.3.